The molecule has 0 saturated carbocycles. The van der Waals surface area contributed by atoms with Crippen molar-refractivity contribution >= 4 is 12.1 Å². The minimum Gasteiger partial charge on any atom is -0.460 e. The third-order valence-corrected chi connectivity index (χ3v) is 2.52. The summed E-state index contributed by atoms with van der Waals surface area (Å²) in [4.78, 5) is 24.8. The largest absolute Gasteiger partial charge is 0.460 e. The van der Waals surface area contributed by atoms with Crippen LogP contribution in [-0.2, 0) is 14.3 Å². The van der Waals surface area contributed by atoms with E-state index in [9.17, 15) is 9.59 Å². The lowest BCUT2D eigenvalue weighted by Crippen LogP contribution is -2.25. The molecule has 20 heavy (non-hydrogen) atoms. The van der Waals surface area contributed by atoms with E-state index in [1.807, 2.05) is 40.7 Å². The number of carbonyl (C=O) groups is 2. The minimum absolute atomic E-state index is 0.133. The fraction of sp³-hybridized carbons (Fsp3) is 0.600. The average molecular weight is 281 g/mol. The molecule has 1 aliphatic heterocycles. The van der Waals surface area contributed by atoms with Crippen molar-refractivity contribution < 1.29 is 19.1 Å². The second kappa shape index (κ2) is 6.59. The quantitative estimate of drug-likeness (QED) is 0.587. The molecule has 1 aliphatic rings. The van der Waals surface area contributed by atoms with Crippen molar-refractivity contribution in [2.75, 3.05) is 13.2 Å². The molecule has 0 radical (unpaired) electrons. The van der Waals surface area contributed by atoms with Gasteiger partial charge >= 0.3 is 12.1 Å². The lowest BCUT2D eigenvalue weighted by Gasteiger charge is -2.19. The SMILES string of the molecule is CC(C)=CCN1C(=O)OCC1=CCC(=O)OC(C)(C)C. The molecule has 1 fully saturated rings. The lowest BCUT2D eigenvalue weighted by atomic mass is 10.2. The maximum absolute atomic E-state index is 11.6. The summed E-state index contributed by atoms with van der Waals surface area (Å²) in [5, 5.41) is 0. The van der Waals surface area contributed by atoms with E-state index in [-0.39, 0.29) is 25.1 Å². The number of hydrogen-bond donors (Lipinski definition) is 0. The number of ether oxygens (including phenoxy) is 2. The Hall–Kier alpha value is -1.78. The third kappa shape index (κ3) is 5.47. The molecule has 0 N–H and O–H groups in total. The molecule has 5 nitrogen and oxygen atoms in total. The first kappa shape index (κ1) is 16.3. The molecule has 0 aromatic heterocycles. The van der Waals surface area contributed by atoms with E-state index in [4.69, 9.17) is 9.47 Å². The minimum atomic E-state index is -0.501. The van der Waals surface area contributed by atoms with Gasteiger partial charge in [-0.3, -0.25) is 9.69 Å². The van der Waals surface area contributed by atoms with E-state index in [1.54, 1.807) is 6.08 Å². The molecule has 0 aromatic rings. The Morgan fingerprint density at radius 2 is 2.05 bits per heavy atom. The fourth-order valence-corrected chi connectivity index (χ4v) is 1.63. The average Bonchev–Trinajstić information content (AvgIpc) is 2.62. The number of nitrogens with zero attached hydrogens (tertiary/aromatic N) is 1. The molecule has 1 saturated heterocycles. The van der Waals surface area contributed by atoms with Crippen LogP contribution < -0.4 is 0 Å². The summed E-state index contributed by atoms with van der Waals surface area (Å²) in [7, 11) is 0. The second-order valence-corrected chi connectivity index (χ2v) is 5.93. The third-order valence-electron chi connectivity index (χ3n) is 2.52. The van der Waals surface area contributed by atoms with Gasteiger partial charge in [0.05, 0.1) is 12.1 Å². The summed E-state index contributed by atoms with van der Waals surface area (Å²) in [6.07, 6.45) is 3.39. The highest BCUT2D eigenvalue weighted by Crippen LogP contribution is 2.17. The second-order valence-electron chi connectivity index (χ2n) is 5.93. The molecular formula is C15H23NO4. The number of amides is 1. The van der Waals surface area contributed by atoms with Gasteiger partial charge in [0.15, 0.2) is 0 Å². The highest BCUT2D eigenvalue weighted by molar-refractivity contribution is 5.75. The van der Waals surface area contributed by atoms with Crippen LogP contribution in [0.4, 0.5) is 4.79 Å². The van der Waals surface area contributed by atoms with Crippen LogP contribution in [0.3, 0.4) is 0 Å². The Kier molecular flexibility index (Phi) is 5.36. The summed E-state index contributed by atoms with van der Waals surface area (Å²) in [6.45, 7) is 10.1. The van der Waals surface area contributed by atoms with E-state index in [1.165, 1.54) is 4.90 Å². The molecular weight excluding hydrogens is 258 g/mol. The van der Waals surface area contributed by atoms with E-state index in [0.717, 1.165) is 5.57 Å². The van der Waals surface area contributed by atoms with Crippen molar-refractivity contribution in [3.63, 3.8) is 0 Å². The molecule has 5 heteroatoms. The summed E-state index contributed by atoms with van der Waals surface area (Å²) < 4.78 is 10.2. The van der Waals surface area contributed by atoms with Crippen molar-refractivity contribution in [1.82, 2.24) is 4.90 Å². The van der Waals surface area contributed by atoms with Crippen LogP contribution in [0.5, 0.6) is 0 Å². The smallest absolute Gasteiger partial charge is 0.414 e. The van der Waals surface area contributed by atoms with Crippen LogP contribution in [-0.4, -0.2) is 35.7 Å². The molecule has 1 heterocycles. The molecule has 0 aromatic carbocycles. The van der Waals surface area contributed by atoms with Gasteiger partial charge in [0.25, 0.3) is 0 Å². The zero-order chi connectivity index (χ0) is 15.3. The molecule has 0 aliphatic carbocycles. The van der Waals surface area contributed by atoms with Crippen molar-refractivity contribution in [3.05, 3.63) is 23.4 Å². The van der Waals surface area contributed by atoms with Gasteiger partial charge < -0.3 is 9.47 Å². The molecule has 0 unspecified atom stereocenters. The number of allylic oxidation sites excluding steroid dienone is 1. The number of carbonyl (C=O) groups excluding carboxylic acids is 2. The van der Waals surface area contributed by atoms with Crippen molar-refractivity contribution in [2.45, 2.75) is 46.6 Å². The first-order valence-corrected chi connectivity index (χ1v) is 6.67. The first-order valence-electron chi connectivity index (χ1n) is 6.67. The van der Waals surface area contributed by atoms with Crippen LogP contribution in [0.2, 0.25) is 0 Å². The predicted molar refractivity (Wildman–Crippen MR) is 76.0 cm³/mol. The first-order chi connectivity index (χ1) is 9.19. The summed E-state index contributed by atoms with van der Waals surface area (Å²) in [5.74, 6) is -0.313. The van der Waals surface area contributed by atoms with Crippen LogP contribution >= 0.6 is 0 Å². The fourth-order valence-electron chi connectivity index (χ4n) is 1.63. The molecule has 0 atom stereocenters. The number of cyclic esters (lactones) is 1. The van der Waals surface area contributed by atoms with Crippen molar-refractivity contribution in [3.8, 4) is 0 Å². The zero-order valence-electron chi connectivity index (χ0n) is 12.9. The van der Waals surface area contributed by atoms with Gasteiger partial charge in [-0.15, -0.1) is 0 Å². The van der Waals surface area contributed by atoms with E-state index in [0.29, 0.717) is 12.2 Å². The van der Waals surface area contributed by atoms with Gasteiger partial charge in [-0.05, 0) is 34.6 Å². The number of rotatable bonds is 4. The topological polar surface area (TPSA) is 55.8 Å². The normalized spacial score (nSPS) is 17.1. The zero-order valence-corrected chi connectivity index (χ0v) is 12.9. The standard InChI is InChI=1S/C15H23NO4/c1-11(2)8-9-16-12(10-19-14(16)18)6-7-13(17)20-15(3,4)5/h6,8H,7,9-10H2,1-5H3. The summed E-state index contributed by atoms with van der Waals surface area (Å²) in [5.41, 5.74) is 1.33. The predicted octanol–water partition coefficient (Wildman–Crippen LogP) is 3.02. The molecule has 1 amide bonds. The van der Waals surface area contributed by atoms with Crippen LogP contribution in [0.15, 0.2) is 23.4 Å². The van der Waals surface area contributed by atoms with E-state index >= 15 is 0 Å². The lowest BCUT2D eigenvalue weighted by molar-refractivity contribution is -0.153. The van der Waals surface area contributed by atoms with Crippen molar-refractivity contribution in [1.29, 1.82) is 0 Å². The molecule has 0 bridgehead atoms. The van der Waals surface area contributed by atoms with Gasteiger partial charge in [-0.25, -0.2) is 4.79 Å². The highest BCUT2D eigenvalue weighted by Gasteiger charge is 2.26. The maximum Gasteiger partial charge on any atom is 0.414 e. The Balaban J connectivity index is 2.64. The Morgan fingerprint density at radius 1 is 1.40 bits per heavy atom. The van der Waals surface area contributed by atoms with Crippen molar-refractivity contribution in [2.24, 2.45) is 0 Å². The number of esters is 1. The molecule has 1 rings (SSSR count). The van der Waals surface area contributed by atoms with Crippen LogP contribution in [0.1, 0.15) is 41.0 Å². The van der Waals surface area contributed by atoms with Gasteiger partial charge in [-0.1, -0.05) is 17.7 Å². The van der Waals surface area contributed by atoms with Gasteiger partial charge in [-0.2, -0.15) is 0 Å². The highest BCUT2D eigenvalue weighted by atomic mass is 16.6. The Labute approximate surface area is 120 Å². The van der Waals surface area contributed by atoms with Crippen LogP contribution in [0.25, 0.3) is 0 Å². The van der Waals surface area contributed by atoms with Gasteiger partial charge in [0.1, 0.15) is 12.2 Å². The molecule has 0 spiro atoms. The van der Waals surface area contributed by atoms with Gasteiger partial charge in [0.2, 0.25) is 0 Å². The monoisotopic (exact) mass is 281 g/mol. The Morgan fingerprint density at radius 3 is 2.60 bits per heavy atom. The summed E-state index contributed by atoms with van der Waals surface area (Å²) >= 11 is 0. The molecule has 112 valence electrons. The van der Waals surface area contributed by atoms with E-state index in [2.05, 4.69) is 0 Å². The maximum atomic E-state index is 11.6. The Bertz CT molecular complexity index is 439. The van der Waals surface area contributed by atoms with Gasteiger partial charge in [0, 0.05) is 6.54 Å². The van der Waals surface area contributed by atoms with E-state index < -0.39 is 5.60 Å². The van der Waals surface area contributed by atoms with Crippen LogP contribution in [0, 0.1) is 0 Å². The number of hydrogen-bond acceptors (Lipinski definition) is 4. The summed E-state index contributed by atoms with van der Waals surface area (Å²) in [6, 6.07) is 0.